The number of hydrogen-bond donors (Lipinski definition) is 1. The molecule has 0 radical (unpaired) electrons. The van der Waals surface area contributed by atoms with Gasteiger partial charge in [0.1, 0.15) is 6.20 Å². The fourth-order valence-electron chi connectivity index (χ4n) is 0.959. The van der Waals surface area contributed by atoms with Gasteiger partial charge >= 0.3 is 5.69 Å². The van der Waals surface area contributed by atoms with Gasteiger partial charge in [0.2, 0.25) is 0 Å². The number of hydrogen-bond acceptors (Lipinski definition) is 5. The van der Waals surface area contributed by atoms with Crippen molar-refractivity contribution in [3.63, 3.8) is 0 Å². The molecule has 7 nitrogen and oxygen atoms in total. The predicted octanol–water partition coefficient (Wildman–Crippen LogP) is 0.0559. The summed E-state index contributed by atoms with van der Waals surface area (Å²) in [5.41, 5.74) is 5.15. The third-order valence-electron chi connectivity index (χ3n) is 1.65. The van der Waals surface area contributed by atoms with Gasteiger partial charge < -0.3 is 10.5 Å². The minimum Gasteiger partial charge on any atom is -0.473 e. The second kappa shape index (κ2) is 4.56. The first kappa shape index (κ1) is 10.5. The first-order chi connectivity index (χ1) is 6.66. The van der Waals surface area contributed by atoms with Gasteiger partial charge in [-0.05, 0) is 13.0 Å². The number of ether oxygens (including phenoxy) is 1. The van der Waals surface area contributed by atoms with Crippen LogP contribution in [0.2, 0.25) is 0 Å². The second-order valence-electron chi connectivity index (χ2n) is 2.71. The molecule has 2 N–H and O–H groups in total. The Bertz CT molecular complexity index is 323. The van der Waals surface area contributed by atoms with E-state index < -0.39 is 4.92 Å². The number of nitrogens with zero attached hydrogens (tertiary/aromatic N) is 3. The fourth-order valence-corrected chi connectivity index (χ4v) is 0.959. The van der Waals surface area contributed by atoms with Crippen LogP contribution in [0.5, 0.6) is 5.88 Å². The van der Waals surface area contributed by atoms with Crippen LogP contribution in [0.3, 0.4) is 0 Å². The normalized spacial score (nSPS) is 10.1. The van der Waals surface area contributed by atoms with Gasteiger partial charge in [-0.15, -0.1) is 0 Å². The molecular formula is C7H12N4O3. The summed E-state index contributed by atoms with van der Waals surface area (Å²) in [4.78, 5) is 9.99. The van der Waals surface area contributed by atoms with Crippen LogP contribution in [0.25, 0.3) is 0 Å². The van der Waals surface area contributed by atoms with E-state index in [0.29, 0.717) is 19.6 Å². The first-order valence-corrected chi connectivity index (χ1v) is 4.16. The summed E-state index contributed by atoms with van der Waals surface area (Å²) in [6.07, 6.45) is 1.82. The van der Waals surface area contributed by atoms with Crippen LogP contribution < -0.4 is 10.5 Å². The smallest absolute Gasteiger partial charge is 0.350 e. The Hall–Kier alpha value is -1.63. The largest absolute Gasteiger partial charge is 0.473 e. The molecule has 0 atom stereocenters. The average molecular weight is 200 g/mol. The molecule has 0 saturated carbocycles. The molecule has 0 saturated heterocycles. The molecule has 0 fully saturated rings. The van der Waals surface area contributed by atoms with E-state index in [-0.39, 0.29) is 11.6 Å². The van der Waals surface area contributed by atoms with Crippen LogP contribution in [-0.4, -0.2) is 27.9 Å². The molecule has 14 heavy (non-hydrogen) atoms. The molecule has 0 spiro atoms. The molecule has 0 aliphatic carbocycles. The van der Waals surface area contributed by atoms with Crippen LogP contribution in [0.4, 0.5) is 5.69 Å². The number of nitrogens with two attached hydrogens (primary N) is 1. The Morgan fingerprint density at radius 2 is 2.50 bits per heavy atom. The lowest BCUT2D eigenvalue weighted by atomic mass is 10.5. The summed E-state index contributed by atoms with van der Waals surface area (Å²) in [6.45, 7) is 0.850. The molecule has 78 valence electrons. The highest BCUT2D eigenvalue weighted by atomic mass is 16.6. The minimum absolute atomic E-state index is 0.121. The lowest BCUT2D eigenvalue weighted by Crippen LogP contribution is -2.09. The molecule has 1 aromatic rings. The van der Waals surface area contributed by atoms with Crippen molar-refractivity contribution in [3.8, 4) is 5.88 Å². The third kappa shape index (κ3) is 2.19. The molecule has 1 rings (SSSR count). The van der Waals surface area contributed by atoms with E-state index in [9.17, 15) is 10.1 Å². The van der Waals surface area contributed by atoms with Crippen molar-refractivity contribution < 1.29 is 9.66 Å². The summed E-state index contributed by atoms with van der Waals surface area (Å²) in [6, 6.07) is 0. The van der Waals surface area contributed by atoms with E-state index in [1.54, 1.807) is 7.05 Å². The maximum Gasteiger partial charge on any atom is 0.350 e. The van der Waals surface area contributed by atoms with Gasteiger partial charge in [-0.25, -0.2) is 4.68 Å². The van der Waals surface area contributed by atoms with Crippen molar-refractivity contribution in [1.82, 2.24) is 9.78 Å². The highest BCUT2D eigenvalue weighted by molar-refractivity contribution is 5.38. The van der Waals surface area contributed by atoms with Gasteiger partial charge in [0, 0.05) is 7.05 Å². The molecule has 1 heterocycles. The molecule has 0 bridgehead atoms. The Balaban J connectivity index is 2.72. The van der Waals surface area contributed by atoms with Crippen molar-refractivity contribution >= 4 is 5.69 Å². The molecule has 7 heteroatoms. The summed E-state index contributed by atoms with van der Waals surface area (Å²) < 4.78 is 6.52. The maximum atomic E-state index is 10.5. The van der Waals surface area contributed by atoms with Crippen LogP contribution in [0.1, 0.15) is 6.42 Å². The molecule has 0 unspecified atom stereocenters. The van der Waals surface area contributed by atoms with Crippen molar-refractivity contribution in [3.05, 3.63) is 16.3 Å². The van der Waals surface area contributed by atoms with E-state index in [4.69, 9.17) is 10.5 Å². The third-order valence-corrected chi connectivity index (χ3v) is 1.65. The van der Waals surface area contributed by atoms with Crippen LogP contribution in [0.15, 0.2) is 6.20 Å². The number of rotatable bonds is 5. The standard InChI is InChI=1S/C7H12N4O3/c1-10-7(14-4-2-3-8)6(5-9-10)11(12)13/h5H,2-4,8H2,1H3. The van der Waals surface area contributed by atoms with E-state index >= 15 is 0 Å². The summed E-state index contributed by atoms with van der Waals surface area (Å²) in [5, 5.41) is 14.3. The maximum absolute atomic E-state index is 10.5. The second-order valence-corrected chi connectivity index (χ2v) is 2.71. The monoisotopic (exact) mass is 200 g/mol. The van der Waals surface area contributed by atoms with Crippen molar-refractivity contribution in [1.29, 1.82) is 0 Å². The highest BCUT2D eigenvalue weighted by Crippen LogP contribution is 2.24. The van der Waals surface area contributed by atoms with Crippen molar-refractivity contribution in [2.45, 2.75) is 6.42 Å². The lowest BCUT2D eigenvalue weighted by Gasteiger charge is -2.03. The molecule has 1 aromatic heterocycles. The molecule has 0 aliphatic heterocycles. The van der Waals surface area contributed by atoms with Gasteiger partial charge in [0.15, 0.2) is 0 Å². The zero-order valence-electron chi connectivity index (χ0n) is 7.84. The zero-order chi connectivity index (χ0) is 10.6. The number of aryl methyl sites for hydroxylation is 1. The van der Waals surface area contributed by atoms with Crippen molar-refractivity contribution in [2.24, 2.45) is 12.8 Å². The Morgan fingerprint density at radius 3 is 3.07 bits per heavy atom. The van der Waals surface area contributed by atoms with Gasteiger partial charge in [0.25, 0.3) is 5.88 Å². The summed E-state index contributed by atoms with van der Waals surface area (Å²) in [5.74, 6) is 0.170. The quantitative estimate of drug-likeness (QED) is 0.411. The molecular weight excluding hydrogens is 188 g/mol. The SMILES string of the molecule is Cn1ncc([N+](=O)[O-])c1OCCCN. The predicted molar refractivity (Wildman–Crippen MR) is 49.0 cm³/mol. The molecule has 0 aromatic carbocycles. The number of nitro groups is 1. The number of aromatic nitrogens is 2. The zero-order valence-corrected chi connectivity index (χ0v) is 7.84. The highest BCUT2D eigenvalue weighted by Gasteiger charge is 2.20. The molecule has 0 amide bonds. The summed E-state index contributed by atoms with van der Waals surface area (Å²) >= 11 is 0. The Labute approximate surface area is 80.6 Å². The average Bonchev–Trinajstić information content (AvgIpc) is 2.48. The van der Waals surface area contributed by atoms with E-state index in [1.165, 1.54) is 4.68 Å². The van der Waals surface area contributed by atoms with Crippen LogP contribution in [-0.2, 0) is 7.05 Å². The lowest BCUT2D eigenvalue weighted by molar-refractivity contribution is -0.386. The summed E-state index contributed by atoms with van der Waals surface area (Å²) in [7, 11) is 1.59. The molecule has 0 aliphatic rings. The van der Waals surface area contributed by atoms with E-state index in [2.05, 4.69) is 5.10 Å². The fraction of sp³-hybridized carbons (Fsp3) is 0.571. The van der Waals surface area contributed by atoms with Gasteiger partial charge in [-0.2, -0.15) is 5.10 Å². The van der Waals surface area contributed by atoms with Crippen LogP contribution in [0, 0.1) is 10.1 Å². The topological polar surface area (TPSA) is 96.2 Å². The van der Waals surface area contributed by atoms with Crippen LogP contribution >= 0.6 is 0 Å². The van der Waals surface area contributed by atoms with Gasteiger partial charge in [-0.3, -0.25) is 10.1 Å². The van der Waals surface area contributed by atoms with E-state index in [0.717, 1.165) is 6.20 Å². The Morgan fingerprint density at radius 1 is 1.79 bits per heavy atom. The minimum atomic E-state index is -0.523. The van der Waals surface area contributed by atoms with Gasteiger partial charge in [0.05, 0.1) is 11.5 Å². The Kier molecular flexibility index (Phi) is 3.41. The van der Waals surface area contributed by atoms with Crippen molar-refractivity contribution in [2.75, 3.05) is 13.2 Å². The van der Waals surface area contributed by atoms with E-state index in [1.807, 2.05) is 0 Å². The first-order valence-electron chi connectivity index (χ1n) is 4.16. The van der Waals surface area contributed by atoms with Gasteiger partial charge in [-0.1, -0.05) is 0 Å².